The predicted molar refractivity (Wildman–Crippen MR) is 158 cm³/mol. The van der Waals surface area contributed by atoms with Crippen LogP contribution in [0.2, 0.25) is 0 Å². The Balaban J connectivity index is 1.37. The maximum atomic E-state index is 11.6. The van der Waals surface area contributed by atoms with Crippen LogP contribution in [0, 0.1) is 57.2 Å². The van der Waals surface area contributed by atoms with Gasteiger partial charge in [0.2, 0.25) is 0 Å². The third-order valence-electron chi connectivity index (χ3n) is 14.1. The minimum Gasteiger partial charge on any atom is -0.477 e. The fourth-order valence-corrected chi connectivity index (χ4v) is 13.1. The number of allylic oxidation sites excluding steroid dienone is 2. The average Bonchev–Trinajstić information content (AvgIpc) is 3.44. The van der Waals surface area contributed by atoms with Crippen molar-refractivity contribution in [1.82, 2.24) is 0 Å². The van der Waals surface area contributed by atoms with Gasteiger partial charge >= 0.3 is 5.97 Å². The smallest absolute Gasteiger partial charge is 0.345 e. The highest BCUT2D eigenvalue weighted by atomic mass is 32.1. The van der Waals surface area contributed by atoms with Crippen LogP contribution in [-0.4, -0.2) is 16.6 Å². The van der Waals surface area contributed by atoms with Crippen molar-refractivity contribution in [3.8, 4) is 0 Å². The van der Waals surface area contributed by atoms with E-state index in [4.69, 9.17) is 5.73 Å². The van der Waals surface area contributed by atoms with Crippen molar-refractivity contribution in [3.63, 3.8) is 0 Å². The van der Waals surface area contributed by atoms with Crippen molar-refractivity contribution in [3.05, 3.63) is 28.0 Å². The number of fused-ring (bicyclic) bond motifs is 7. The van der Waals surface area contributed by atoms with Crippen LogP contribution >= 0.6 is 11.3 Å². The van der Waals surface area contributed by atoms with Gasteiger partial charge in [-0.05, 0) is 133 Å². The monoisotopic (exact) mass is 537 g/mol. The summed E-state index contributed by atoms with van der Waals surface area (Å²) >= 11 is 1.46. The Bertz CT molecular complexity index is 1160. The van der Waals surface area contributed by atoms with E-state index < -0.39 is 5.97 Å². The number of carboxylic acids is 1. The second kappa shape index (κ2) is 8.44. The van der Waals surface area contributed by atoms with Crippen LogP contribution < -0.4 is 5.73 Å². The molecule has 5 aliphatic carbocycles. The molecule has 1 aromatic rings. The largest absolute Gasteiger partial charge is 0.477 e. The van der Waals surface area contributed by atoms with Gasteiger partial charge in [0.05, 0.1) is 0 Å². The maximum Gasteiger partial charge on any atom is 0.345 e. The van der Waals surface area contributed by atoms with E-state index in [-0.39, 0.29) is 16.4 Å². The number of carboxylic acid groups (broad SMARTS) is 1. The standard InChI is InChI=1S/C34H51NO2S/c1-20(2)21-12-17-34(35)19-18-32(6)23(28(21)34)8-11-27-31(5)15-13-22(24-9-10-25(38-24)29(36)37)30(3,4)26(31)14-16-33(27,32)7/h9-10,13,20-21,23,26-28H,8,11-12,14-19,35H2,1-7H3,(H,36,37)/t21-,23+,26-,27+,28+,31-,32+,33+,34-/m0/s1. The molecular formula is C34H51NO2S. The van der Waals surface area contributed by atoms with E-state index in [0.717, 1.165) is 35.0 Å². The maximum absolute atomic E-state index is 11.6. The van der Waals surface area contributed by atoms with Gasteiger partial charge in [0.25, 0.3) is 0 Å². The van der Waals surface area contributed by atoms with E-state index in [1.807, 2.05) is 0 Å². The number of aromatic carboxylic acids is 1. The van der Waals surface area contributed by atoms with Crippen LogP contribution in [0.5, 0.6) is 0 Å². The number of hydrogen-bond donors (Lipinski definition) is 2. The molecule has 0 aliphatic heterocycles. The van der Waals surface area contributed by atoms with Crippen LogP contribution in [0.4, 0.5) is 0 Å². The zero-order valence-corrected chi connectivity index (χ0v) is 25.7. The van der Waals surface area contributed by atoms with Crippen molar-refractivity contribution in [1.29, 1.82) is 0 Å². The Morgan fingerprint density at radius 3 is 2.34 bits per heavy atom. The van der Waals surface area contributed by atoms with Gasteiger partial charge in [-0.2, -0.15) is 0 Å². The molecule has 1 aromatic heterocycles. The zero-order valence-electron chi connectivity index (χ0n) is 24.9. The summed E-state index contributed by atoms with van der Waals surface area (Å²) in [6, 6.07) is 3.85. The molecule has 210 valence electrons. The van der Waals surface area contributed by atoms with Gasteiger partial charge < -0.3 is 10.8 Å². The van der Waals surface area contributed by atoms with Gasteiger partial charge in [-0.3, -0.25) is 0 Å². The molecule has 9 atom stereocenters. The first-order valence-corrected chi connectivity index (χ1v) is 16.3. The molecule has 3 N–H and O–H groups in total. The summed E-state index contributed by atoms with van der Waals surface area (Å²) in [7, 11) is 0. The van der Waals surface area contributed by atoms with Crippen molar-refractivity contribution in [2.24, 2.45) is 62.9 Å². The summed E-state index contributed by atoms with van der Waals surface area (Å²) in [4.78, 5) is 13.2. The van der Waals surface area contributed by atoms with Gasteiger partial charge in [-0.1, -0.05) is 54.5 Å². The molecule has 0 bridgehead atoms. The van der Waals surface area contributed by atoms with Gasteiger partial charge in [-0.25, -0.2) is 4.79 Å². The van der Waals surface area contributed by atoms with Gasteiger partial charge in [-0.15, -0.1) is 11.3 Å². The third-order valence-corrected chi connectivity index (χ3v) is 15.2. The molecule has 6 rings (SSSR count). The molecule has 0 saturated heterocycles. The summed E-state index contributed by atoms with van der Waals surface area (Å²) in [6.45, 7) is 17.8. The molecule has 38 heavy (non-hydrogen) atoms. The lowest BCUT2D eigenvalue weighted by Crippen LogP contribution is -2.67. The molecule has 0 radical (unpaired) electrons. The zero-order chi connectivity index (χ0) is 27.5. The van der Waals surface area contributed by atoms with Gasteiger partial charge in [0.15, 0.2) is 0 Å². The topological polar surface area (TPSA) is 63.3 Å². The molecule has 4 heteroatoms. The highest BCUT2D eigenvalue weighted by Gasteiger charge is 2.70. The first kappa shape index (κ1) is 27.1. The van der Waals surface area contributed by atoms with Crippen molar-refractivity contribution < 1.29 is 9.90 Å². The number of rotatable bonds is 3. The van der Waals surface area contributed by atoms with Crippen LogP contribution in [0.1, 0.15) is 121 Å². The molecule has 3 nitrogen and oxygen atoms in total. The van der Waals surface area contributed by atoms with Gasteiger partial charge in [0.1, 0.15) is 4.88 Å². The van der Waals surface area contributed by atoms with Crippen LogP contribution in [0.25, 0.3) is 5.57 Å². The Kier molecular flexibility index (Phi) is 6.01. The number of hydrogen-bond acceptors (Lipinski definition) is 3. The van der Waals surface area contributed by atoms with Crippen LogP contribution in [0.3, 0.4) is 0 Å². The molecule has 0 aromatic carbocycles. The van der Waals surface area contributed by atoms with Crippen molar-refractivity contribution in [2.75, 3.05) is 0 Å². The lowest BCUT2D eigenvalue weighted by atomic mass is 9.33. The first-order valence-electron chi connectivity index (χ1n) is 15.5. The van der Waals surface area contributed by atoms with Crippen LogP contribution in [-0.2, 0) is 0 Å². The fraction of sp³-hybridized carbons (Fsp3) is 0.794. The normalized spacial score (nSPS) is 47.5. The Morgan fingerprint density at radius 2 is 1.68 bits per heavy atom. The molecule has 0 amide bonds. The Hall–Kier alpha value is -1.13. The SMILES string of the molecule is CC(C)[C@@H]1CC[C@]2(N)CC[C@]3(C)[C@H](CC[C@@H]4[C@@]5(C)CC=C(c6ccc(C(=O)O)s6)C(C)(C)[C@@H]5CC[C@]43C)[C@@H]12. The second-order valence-corrected chi connectivity index (χ2v) is 17.0. The van der Waals surface area contributed by atoms with E-state index >= 15 is 0 Å². The fourth-order valence-electron chi connectivity index (χ4n) is 12.1. The lowest BCUT2D eigenvalue weighted by Gasteiger charge is -2.72. The molecule has 4 fully saturated rings. The van der Waals surface area contributed by atoms with Gasteiger partial charge in [0, 0.05) is 10.4 Å². The molecule has 4 saturated carbocycles. The quantitative estimate of drug-likeness (QED) is 0.405. The van der Waals surface area contributed by atoms with Crippen molar-refractivity contribution in [2.45, 2.75) is 112 Å². The summed E-state index contributed by atoms with van der Waals surface area (Å²) in [6.07, 6.45) is 14.0. The highest BCUT2D eigenvalue weighted by Crippen LogP contribution is 2.76. The summed E-state index contributed by atoms with van der Waals surface area (Å²) in [5.41, 5.74) is 9.79. The van der Waals surface area contributed by atoms with Crippen LogP contribution in [0.15, 0.2) is 18.2 Å². The third kappa shape index (κ3) is 3.37. The Morgan fingerprint density at radius 1 is 0.947 bits per heavy atom. The molecular weight excluding hydrogens is 486 g/mol. The molecule has 5 aliphatic rings. The molecule has 1 heterocycles. The van der Waals surface area contributed by atoms with E-state index in [1.54, 1.807) is 6.07 Å². The number of nitrogens with two attached hydrogens (primary N) is 1. The summed E-state index contributed by atoms with van der Waals surface area (Å²) in [5, 5.41) is 9.53. The van der Waals surface area contributed by atoms with Crippen molar-refractivity contribution >= 4 is 22.9 Å². The minimum absolute atomic E-state index is 0.0415. The number of carbonyl (C=O) groups is 1. The van der Waals surface area contributed by atoms with E-state index in [0.29, 0.717) is 27.5 Å². The minimum atomic E-state index is -0.810. The first-order chi connectivity index (χ1) is 17.7. The lowest BCUT2D eigenvalue weighted by molar-refractivity contribution is -0.219. The van der Waals surface area contributed by atoms with E-state index in [1.165, 1.54) is 68.3 Å². The second-order valence-electron chi connectivity index (χ2n) is 15.9. The summed E-state index contributed by atoms with van der Waals surface area (Å²) in [5.74, 6) is 3.52. The van der Waals surface area contributed by atoms with E-state index in [9.17, 15) is 9.90 Å². The number of thiophene rings is 1. The van der Waals surface area contributed by atoms with E-state index in [2.05, 4.69) is 60.6 Å². The Labute approximate surface area is 235 Å². The molecule has 0 spiro atoms. The highest BCUT2D eigenvalue weighted by molar-refractivity contribution is 7.15. The average molecular weight is 538 g/mol. The summed E-state index contributed by atoms with van der Waals surface area (Å²) < 4.78 is 0. The molecule has 0 unspecified atom stereocenters. The predicted octanol–water partition coefficient (Wildman–Crippen LogP) is 8.89.